The van der Waals surface area contributed by atoms with Crippen molar-refractivity contribution in [3.8, 4) is 0 Å². The quantitative estimate of drug-likeness (QED) is 0.802. The Morgan fingerprint density at radius 2 is 2.00 bits per heavy atom. The molecule has 0 saturated heterocycles. The van der Waals surface area contributed by atoms with Crippen molar-refractivity contribution in [1.82, 2.24) is 10.0 Å². The van der Waals surface area contributed by atoms with E-state index in [1.54, 1.807) is 13.8 Å². The molecular formula is C12H18F2N2O2S. The first kappa shape index (κ1) is 16.0. The second-order valence-electron chi connectivity index (χ2n) is 4.16. The number of hydrogen-bond donors (Lipinski definition) is 2. The van der Waals surface area contributed by atoms with Crippen molar-refractivity contribution in [1.29, 1.82) is 0 Å². The Morgan fingerprint density at radius 3 is 2.58 bits per heavy atom. The van der Waals surface area contributed by atoms with E-state index in [1.807, 2.05) is 0 Å². The molecule has 0 aromatic heterocycles. The Bertz CT molecular complexity index is 520. The molecule has 1 aromatic rings. The molecular weight excluding hydrogens is 274 g/mol. The van der Waals surface area contributed by atoms with Crippen molar-refractivity contribution < 1.29 is 17.2 Å². The molecule has 0 fully saturated rings. The third-order valence-corrected chi connectivity index (χ3v) is 4.08. The topological polar surface area (TPSA) is 58.2 Å². The summed E-state index contributed by atoms with van der Waals surface area (Å²) in [6.45, 7) is 3.91. The molecule has 1 atom stereocenters. The molecule has 0 aliphatic heterocycles. The summed E-state index contributed by atoms with van der Waals surface area (Å²) in [5, 5.41) is 2.89. The molecule has 7 heteroatoms. The first-order chi connectivity index (χ1) is 8.85. The lowest BCUT2D eigenvalue weighted by Crippen LogP contribution is -2.32. The second-order valence-corrected chi connectivity index (χ2v) is 6.08. The maximum absolute atomic E-state index is 13.5. The molecule has 0 spiro atoms. The summed E-state index contributed by atoms with van der Waals surface area (Å²) in [6, 6.07) is 2.94. The molecule has 1 unspecified atom stereocenters. The van der Waals surface area contributed by atoms with Crippen LogP contribution in [0.2, 0.25) is 0 Å². The number of sulfonamides is 1. The molecule has 0 saturated carbocycles. The Morgan fingerprint density at radius 1 is 1.32 bits per heavy atom. The summed E-state index contributed by atoms with van der Waals surface area (Å²) < 4.78 is 51.4. The van der Waals surface area contributed by atoms with Gasteiger partial charge in [-0.2, -0.15) is 0 Å². The summed E-state index contributed by atoms with van der Waals surface area (Å²) in [4.78, 5) is 0. The maximum Gasteiger partial charge on any atom is 0.212 e. The molecule has 0 heterocycles. The summed E-state index contributed by atoms with van der Waals surface area (Å²) in [6.07, 6.45) is 0. The monoisotopic (exact) mass is 292 g/mol. The van der Waals surface area contributed by atoms with Crippen LogP contribution in [0.4, 0.5) is 8.78 Å². The number of rotatable bonds is 7. The van der Waals surface area contributed by atoms with Gasteiger partial charge >= 0.3 is 0 Å². The lowest BCUT2D eigenvalue weighted by Gasteiger charge is -2.15. The van der Waals surface area contributed by atoms with Gasteiger partial charge in [-0.05, 0) is 13.0 Å². The van der Waals surface area contributed by atoms with Crippen molar-refractivity contribution in [2.24, 2.45) is 0 Å². The Labute approximate surface area is 112 Å². The molecule has 0 aliphatic rings. The number of nitrogens with one attached hydrogen (secondary N) is 2. The molecule has 19 heavy (non-hydrogen) atoms. The van der Waals surface area contributed by atoms with Gasteiger partial charge in [-0.25, -0.2) is 21.9 Å². The Balaban J connectivity index is 2.54. The number of hydrogen-bond acceptors (Lipinski definition) is 3. The smallest absolute Gasteiger partial charge is 0.212 e. The van der Waals surface area contributed by atoms with Crippen LogP contribution in [-0.4, -0.2) is 27.3 Å². The molecule has 0 bridgehead atoms. The zero-order valence-electron chi connectivity index (χ0n) is 10.9. The average molecular weight is 292 g/mol. The minimum atomic E-state index is -3.29. The van der Waals surface area contributed by atoms with Crippen molar-refractivity contribution >= 4 is 10.0 Å². The van der Waals surface area contributed by atoms with E-state index in [1.165, 1.54) is 12.1 Å². The average Bonchev–Trinajstić information content (AvgIpc) is 2.28. The van der Waals surface area contributed by atoms with Crippen molar-refractivity contribution in [2.75, 3.05) is 18.8 Å². The van der Waals surface area contributed by atoms with Gasteiger partial charge in [0.25, 0.3) is 0 Å². The summed E-state index contributed by atoms with van der Waals surface area (Å²) in [5.74, 6) is -1.37. The Kier molecular flexibility index (Phi) is 5.84. The fourth-order valence-electron chi connectivity index (χ4n) is 1.66. The molecule has 2 N–H and O–H groups in total. The SMILES string of the molecule is CCNS(=O)(=O)CCNC(C)c1ccc(F)cc1F. The van der Waals surface area contributed by atoms with Gasteiger partial charge in [-0.3, -0.25) is 0 Å². The van der Waals surface area contributed by atoms with Crippen LogP contribution in [0.5, 0.6) is 0 Å². The van der Waals surface area contributed by atoms with Gasteiger partial charge in [0.15, 0.2) is 0 Å². The van der Waals surface area contributed by atoms with E-state index < -0.39 is 27.7 Å². The van der Waals surface area contributed by atoms with E-state index in [2.05, 4.69) is 10.0 Å². The lowest BCUT2D eigenvalue weighted by atomic mass is 10.1. The zero-order chi connectivity index (χ0) is 14.5. The van der Waals surface area contributed by atoms with E-state index in [0.29, 0.717) is 12.1 Å². The molecule has 0 radical (unpaired) electrons. The zero-order valence-corrected chi connectivity index (χ0v) is 11.7. The van der Waals surface area contributed by atoms with Gasteiger partial charge in [-0.15, -0.1) is 0 Å². The molecule has 4 nitrogen and oxygen atoms in total. The van der Waals surface area contributed by atoms with E-state index >= 15 is 0 Å². The first-order valence-corrected chi connectivity index (χ1v) is 7.66. The Hall–Kier alpha value is -1.05. The third kappa shape index (κ3) is 5.22. The van der Waals surface area contributed by atoms with E-state index in [-0.39, 0.29) is 12.3 Å². The highest BCUT2D eigenvalue weighted by molar-refractivity contribution is 7.89. The van der Waals surface area contributed by atoms with Gasteiger partial charge in [-0.1, -0.05) is 13.0 Å². The lowest BCUT2D eigenvalue weighted by molar-refractivity contribution is 0.524. The van der Waals surface area contributed by atoms with Crippen molar-refractivity contribution in [3.05, 3.63) is 35.4 Å². The predicted octanol–water partition coefficient (Wildman–Crippen LogP) is 1.55. The third-order valence-electron chi connectivity index (χ3n) is 2.61. The normalized spacial score (nSPS) is 13.5. The highest BCUT2D eigenvalue weighted by atomic mass is 32.2. The van der Waals surface area contributed by atoms with Crippen LogP contribution in [0.15, 0.2) is 18.2 Å². The maximum atomic E-state index is 13.5. The fourth-order valence-corrected chi connectivity index (χ4v) is 2.64. The van der Waals surface area contributed by atoms with Gasteiger partial charge in [0.2, 0.25) is 10.0 Å². The minimum Gasteiger partial charge on any atom is -0.309 e. The van der Waals surface area contributed by atoms with Crippen LogP contribution < -0.4 is 10.0 Å². The summed E-state index contributed by atoms with van der Waals surface area (Å²) >= 11 is 0. The van der Waals surface area contributed by atoms with E-state index in [0.717, 1.165) is 6.07 Å². The summed E-state index contributed by atoms with van der Waals surface area (Å²) in [7, 11) is -3.29. The van der Waals surface area contributed by atoms with Crippen LogP contribution in [0.3, 0.4) is 0 Å². The molecule has 108 valence electrons. The van der Waals surface area contributed by atoms with Crippen LogP contribution in [0, 0.1) is 11.6 Å². The van der Waals surface area contributed by atoms with Crippen LogP contribution in [0.1, 0.15) is 25.5 Å². The molecule has 1 rings (SSSR count). The predicted molar refractivity (Wildman–Crippen MR) is 70.2 cm³/mol. The van der Waals surface area contributed by atoms with Crippen LogP contribution in [-0.2, 0) is 10.0 Å². The largest absolute Gasteiger partial charge is 0.309 e. The minimum absolute atomic E-state index is 0.0893. The second kappa shape index (κ2) is 6.93. The highest BCUT2D eigenvalue weighted by Gasteiger charge is 2.13. The standard InChI is InChI=1S/C12H18F2N2O2S/c1-3-16-19(17,18)7-6-15-9(2)11-5-4-10(13)8-12(11)14/h4-5,8-9,15-16H,3,6-7H2,1-2H3. The van der Waals surface area contributed by atoms with Crippen molar-refractivity contribution in [3.63, 3.8) is 0 Å². The van der Waals surface area contributed by atoms with Gasteiger partial charge < -0.3 is 5.32 Å². The van der Waals surface area contributed by atoms with Gasteiger partial charge in [0.1, 0.15) is 11.6 Å². The molecule has 0 aliphatic carbocycles. The fraction of sp³-hybridized carbons (Fsp3) is 0.500. The highest BCUT2D eigenvalue weighted by Crippen LogP contribution is 2.17. The number of benzene rings is 1. The van der Waals surface area contributed by atoms with Gasteiger partial charge in [0, 0.05) is 30.8 Å². The van der Waals surface area contributed by atoms with Crippen LogP contribution >= 0.6 is 0 Å². The molecule has 0 amide bonds. The van der Waals surface area contributed by atoms with Gasteiger partial charge in [0.05, 0.1) is 5.75 Å². The van der Waals surface area contributed by atoms with Crippen molar-refractivity contribution in [2.45, 2.75) is 19.9 Å². The van der Waals surface area contributed by atoms with E-state index in [9.17, 15) is 17.2 Å². The number of halogens is 2. The van der Waals surface area contributed by atoms with Crippen LogP contribution in [0.25, 0.3) is 0 Å². The molecule has 1 aromatic carbocycles. The first-order valence-electron chi connectivity index (χ1n) is 6.01. The summed E-state index contributed by atoms with van der Waals surface area (Å²) in [5.41, 5.74) is 0.308. The van der Waals surface area contributed by atoms with E-state index in [4.69, 9.17) is 0 Å².